The number of hydrogen-bond acceptors (Lipinski definition) is 4. The first-order valence-electron chi connectivity index (χ1n) is 16.3. The number of methoxy groups -OCH3 is 1. The van der Waals surface area contributed by atoms with Crippen LogP contribution in [0.4, 0.5) is 0 Å². The lowest BCUT2D eigenvalue weighted by atomic mass is 10.0. The fourth-order valence-corrected chi connectivity index (χ4v) is 5.63. The van der Waals surface area contributed by atoms with Crippen LogP contribution in [-0.4, -0.2) is 54.8 Å². The first-order chi connectivity index (χ1) is 19.9. The van der Waals surface area contributed by atoms with Crippen LogP contribution < -0.4 is 0 Å². The van der Waals surface area contributed by atoms with Crippen LogP contribution in [0.1, 0.15) is 87.5 Å². The summed E-state index contributed by atoms with van der Waals surface area (Å²) >= 11 is 0. The van der Waals surface area contributed by atoms with E-state index in [4.69, 9.17) is 18.7 Å². The van der Waals surface area contributed by atoms with Crippen molar-refractivity contribution in [2.45, 2.75) is 130 Å². The van der Waals surface area contributed by atoms with Crippen molar-refractivity contribution in [3.05, 3.63) is 71.9 Å². The minimum Gasteiger partial charge on any atom is -0.416 e. The molecule has 0 aromatic carbocycles. The molecule has 0 aromatic rings. The summed E-state index contributed by atoms with van der Waals surface area (Å²) in [6, 6.07) is 0. The van der Waals surface area contributed by atoms with Gasteiger partial charge in [-0.3, -0.25) is 0 Å². The summed E-state index contributed by atoms with van der Waals surface area (Å²) in [4.78, 5) is 0. The molecule has 0 saturated carbocycles. The van der Waals surface area contributed by atoms with E-state index in [0.717, 1.165) is 44.3 Å². The number of rotatable bonds is 20. The number of unbranched alkanes of at least 4 members (excludes halogenated alkanes) is 1. The van der Waals surface area contributed by atoms with Crippen molar-refractivity contribution in [3.63, 3.8) is 0 Å². The molecular formula is C37H68O4Si2. The fraction of sp³-hybridized carbons (Fsp3) is 0.676. The zero-order valence-electron chi connectivity index (χ0n) is 30.3. The van der Waals surface area contributed by atoms with Gasteiger partial charge < -0.3 is 18.7 Å². The quantitative estimate of drug-likeness (QED) is 0.0628. The van der Waals surface area contributed by atoms with Gasteiger partial charge in [0.1, 0.15) is 0 Å². The summed E-state index contributed by atoms with van der Waals surface area (Å²) in [6.45, 7) is 28.8. The number of ether oxygens (including phenoxy) is 1. The van der Waals surface area contributed by atoms with Gasteiger partial charge in [-0.15, -0.1) is 0 Å². The molecule has 0 aliphatic rings. The Morgan fingerprint density at radius 3 is 1.95 bits per heavy atom. The third kappa shape index (κ3) is 18.3. The summed E-state index contributed by atoms with van der Waals surface area (Å²) in [5, 5.41) is 9.48. The van der Waals surface area contributed by atoms with Gasteiger partial charge in [-0.2, -0.15) is 0 Å². The first kappa shape index (κ1) is 41.7. The Balaban J connectivity index is 4.92. The van der Waals surface area contributed by atoms with Crippen molar-refractivity contribution in [1.82, 2.24) is 0 Å². The molecule has 0 unspecified atom stereocenters. The molecule has 1 N–H and O–H groups in total. The molecule has 0 amide bonds. The van der Waals surface area contributed by atoms with E-state index in [0.29, 0.717) is 12.5 Å². The highest BCUT2D eigenvalue weighted by Gasteiger charge is 2.37. The Labute approximate surface area is 269 Å². The van der Waals surface area contributed by atoms with Gasteiger partial charge in [-0.1, -0.05) is 109 Å². The number of aliphatic hydroxyl groups excluding tert-OH is 1. The normalized spacial score (nSPS) is 16.4. The van der Waals surface area contributed by atoms with Crippen LogP contribution in [0.5, 0.6) is 0 Å². The molecule has 0 radical (unpaired) electrons. The summed E-state index contributed by atoms with van der Waals surface area (Å²) < 4.78 is 18.4. The molecule has 0 heterocycles. The second-order valence-corrected chi connectivity index (χ2v) is 24.4. The van der Waals surface area contributed by atoms with Crippen LogP contribution in [0.2, 0.25) is 36.3 Å². The lowest BCUT2D eigenvalue weighted by molar-refractivity contribution is 0.133. The topological polar surface area (TPSA) is 47.9 Å². The van der Waals surface area contributed by atoms with Gasteiger partial charge in [0.2, 0.25) is 0 Å². The summed E-state index contributed by atoms with van der Waals surface area (Å²) in [7, 11) is -1.83. The zero-order valence-corrected chi connectivity index (χ0v) is 32.3. The van der Waals surface area contributed by atoms with E-state index in [9.17, 15) is 0 Å². The van der Waals surface area contributed by atoms with E-state index in [1.807, 2.05) is 6.92 Å². The highest BCUT2D eigenvalue weighted by Crippen LogP contribution is 2.37. The summed E-state index contributed by atoms with van der Waals surface area (Å²) in [6.07, 6.45) is 26.7. The van der Waals surface area contributed by atoms with E-state index in [1.165, 1.54) is 5.57 Å². The Hall–Kier alpha value is -1.29. The van der Waals surface area contributed by atoms with E-state index in [1.54, 1.807) is 13.2 Å². The van der Waals surface area contributed by atoms with Crippen molar-refractivity contribution in [2.75, 3.05) is 26.9 Å². The van der Waals surface area contributed by atoms with Crippen LogP contribution in [0, 0.1) is 5.92 Å². The molecule has 0 fully saturated rings. The van der Waals surface area contributed by atoms with Crippen molar-refractivity contribution < 1.29 is 18.7 Å². The first-order valence-corrected chi connectivity index (χ1v) is 22.1. The molecule has 4 nitrogen and oxygen atoms in total. The average Bonchev–Trinajstić information content (AvgIpc) is 2.88. The van der Waals surface area contributed by atoms with Crippen LogP contribution in [-0.2, 0) is 13.6 Å². The van der Waals surface area contributed by atoms with Gasteiger partial charge >= 0.3 is 0 Å². The fourth-order valence-electron chi connectivity index (χ4n) is 3.65. The second kappa shape index (κ2) is 20.7. The smallest absolute Gasteiger partial charge is 0.192 e. The average molecular weight is 633 g/mol. The maximum Gasteiger partial charge on any atom is 0.192 e. The maximum absolute atomic E-state index is 9.05. The molecule has 43 heavy (non-hydrogen) atoms. The van der Waals surface area contributed by atoms with Crippen molar-refractivity contribution >= 4 is 16.6 Å². The Kier molecular flexibility index (Phi) is 20.1. The minimum atomic E-state index is -1.78. The van der Waals surface area contributed by atoms with Crippen LogP contribution in [0.15, 0.2) is 71.9 Å². The van der Waals surface area contributed by atoms with Gasteiger partial charge in [-0.25, -0.2) is 0 Å². The molecule has 0 aliphatic carbocycles. The van der Waals surface area contributed by atoms with E-state index in [2.05, 4.69) is 129 Å². The van der Waals surface area contributed by atoms with Gasteiger partial charge in [0.25, 0.3) is 0 Å². The molecule has 0 bridgehead atoms. The second-order valence-electron chi connectivity index (χ2n) is 14.8. The zero-order chi connectivity index (χ0) is 33.2. The van der Waals surface area contributed by atoms with Gasteiger partial charge in [-0.05, 0) is 92.4 Å². The van der Waals surface area contributed by atoms with Gasteiger partial charge in [0.15, 0.2) is 16.6 Å². The Morgan fingerprint density at radius 2 is 1.37 bits per heavy atom. The minimum absolute atomic E-state index is 0.0218. The Morgan fingerprint density at radius 1 is 0.791 bits per heavy atom. The molecule has 0 rings (SSSR count). The monoisotopic (exact) mass is 632 g/mol. The molecule has 0 spiro atoms. The van der Waals surface area contributed by atoms with Crippen LogP contribution in [0.25, 0.3) is 0 Å². The molecule has 248 valence electrons. The molecule has 0 aromatic heterocycles. The van der Waals surface area contributed by atoms with Crippen LogP contribution in [0.3, 0.4) is 0 Å². The van der Waals surface area contributed by atoms with Gasteiger partial charge in [0.05, 0.1) is 19.3 Å². The largest absolute Gasteiger partial charge is 0.416 e. The SMILES string of the molecule is CO[C@H](C/C=C\C=C\CC/C=C/C[C@H](C)/C=C/C(=C\CO[Si](C)(C)C(C)(C)C)CCO[Si](C)(C)C(C)(C)C)/C(C)=C\CO. The van der Waals surface area contributed by atoms with Crippen molar-refractivity contribution in [3.8, 4) is 0 Å². The maximum atomic E-state index is 9.05. The standard InChI is InChI=1S/C37H68O4Si2/c1-32(22-20-18-16-14-15-17-19-21-23-35(39-9)33(2)26-29-38)24-25-34(27-30-40-42(10,11)36(3,4)5)28-31-41-43(12,13)37(6,7)8/h15,17-21,24-27,32,35,38H,14,16,22-23,28-31H2,1-13H3/b17-15+,20-18+,21-19-,25-24+,33-26-,34-27+/t32-,35+/m0/s1. The predicted molar refractivity (Wildman–Crippen MR) is 195 cm³/mol. The van der Waals surface area contributed by atoms with E-state index < -0.39 is 16.6 Å². The van der Waals surface area contributed by atoms with Gasteiger partial charge in [0, 0.05) is 13.7 Å². The summed E-state index contributed by atoms with van der Waals surface area (Å²) in [5.41, 5.74) is 2.37. The lowest BCUT2D eigenvalue weighted by Crippen LogP contribution is -2.41. The molecule has 2 atom stereocenters. The molecule has 0 saturated heterocycles. The number of allylic oxidation sites excluding steroid dienone is 7. The number of aliphatic hydroxyl groups is 1. The lowest BCUT2D eigenvalue weighted by Gasteiger charge is -2.36. The Bertz CT molecular complexity index is 941. The van der Waals surface area contributed by atoms with Crippen LogP contribution >= 0.6 is 0 Å². The third-order valence-electron chi connectivity index (χ3n) is 9.01. The van der Waals surface area contributed by atoms with Crippen molar-refractivity contribution in [2.24, 2.45) is 5.92 Å². The van der Waals surface area contributed by atoms with E-state index in [-0.39, 0.29) is 22.8 Å². The molecular weight excluding hydrogens is 565 g/mol. The predicted octanol–water partition coefficient (Wildman–Crippen LogP) is 10.7. The van der Waals surface area contributed by atoms with E-state index >= 15 is 0 Å². The highest BCUT2D eigenvalue weighted by atomic mass is 28.4. The van der Waals surface area contributed by atoms with Crippen molar-refractivity contribution in [1.29, 1.82) is 0 Å². The highest BCUT2D eigenvalue weighted by molar-refractivity contribution is 6.74. The number of hydrogen-bond donors (Lipinski definition) is 1. The third-order valence-corrected chi connectivity index (χ3v) is 18.0. The molecule has 6 heteroatoms. The summed E-state index contributed by atoms with van der Waals surface area (Å²) in [5.74, 6) is 0.470. The molecule has 0 aliphatic heterocycles.